The Bertz CT molecular complexity index is 441. The minimum absolute atomic E-state index is 0.0824. The van der Waals surface area contributed by atoms with Crippen molar-refractivity contribution in [1.29, 1.82) is 0 Å². The zero-order chi connectivity index (χ0) is 13.3. The third-order valence-corrected chi connectivity index (χ3v) is 3.72. The van der Waals surface area contributed by atoms with Crippen LogP contribution in [-0.4, -0.2) is 31.3 Å². The largest absolute Gasteiger partial charge is 0.481 e. The highest BCUT2D eigenvalue weighted by Gasteiger charge is 2.50. The number of carboxylic acid groups (broad SMARTS) is 1. The van der Waals surface area contributed by atoms with Crippen molar-refractivity contribution in [1.82, 2.24) is 20.2 Å². The van der Waals surface area contributed by atoms with Crippen molar-refractivity contribution in [3.8, 4) is 0 Å². The van der Waals surface area contributed by atoms with Crippen molar-refractivity contribution < 1.29 is 9.90 Å². The van der Waals surface area contributed by atoms with Crippen molar-refractivity contribution in [2.24, 2.45) is 5.41 Å². The van der Waals surface area contributed by atoms with Gasteiger partial charge < -0.3 is 5.11 Å². The number of hydrogen-bond acceptors (Lipinski definition) is 4. The molecule has 0 amide bonds. The van der Waals surface area contributed by atoms with E-state index in [1.807, 2.05) is 6.92 Å². The van der Waals surface area contributed by atoms with E-state index in [2.05, 4.69) is 29.4 Å². The van der Waals surface area contributed by atoms with E-state index < -0.39 is 5.97 Å². The Morgan fingerprint density at radius 2 is 2.28 bits per heavy atom. The number of hydrogen-bond donors (Lipinski definition) is 1. The van der Waals surface area contributed by atoms with E-state index in [1.165, 1.54) is 0 Å². The van der Waals surface area contributed by atoms with Crippen LogP contribution in [0.1, 0.15) is 64.2 Å². The molecule has 0 aromatic carbocycles. The van der Waals surface area contributed by atoms with Crippen molar-refractivity contribution in [2.45, 2.75) is 58.4 Å². The SMILES string of the molecule is CCCC(CC(=O)O)n1nnnc1C1CC1(C)C. The molecule has 2 rings (SSSR count). The van der Waals surface area contributed by atoms with Gasteiger partial charge in [0.2, 0.25) is 0 Å². The van der Waals surface area contributed by atoms with Gasteiger partial charge in [-0.15, -0.1) is 5.10 Å². The van der Waals surface area contributed by atoms with Crippen LogP contribution in [0.25, 0.3) is 0 Å². The molecule has 2 unspecified atom stereocenters. The fourth-order valence-electron chi connectivity index (χ4n) is 2.44. The van der Waals surface area contributed by atoms with Gasteiger partial charge >= 0.3 is 5.97 Å². The first-order valence-electron chi connectivity index (χ1n) is 6.45. The number of carbonyl (C=O) groups is 1. The molecule has 0 bridgehead atoms. The summed E-state index contributed by atoms with van der Waals surface area (Å²) < 4.78 is 1.73. The Balaban J connectivity index is 2.20. The van der Waals surface area contributed by atoms with Crippen molar-refractivity contribution in [2.75, 3.05) is 0 Å². The van der Waals surface area contributed by atoms with Gasteiger partial charge in [-0.05, 0) is 28.7 Å². The summed E-state index contributed by atoms with van der Waals surface area (Å²) in [5.41, 5.74) is 0.243. The molecule has 1 aliphatic carbocycles. The number of nitrogens with zero attached hydrogens (tertiary/aromatic N) is 4. The zero-order valence-corrected chi connectivity index (χ0v) is 11.1. The van der Waals surface area contributed by atoms with Gasteiger partial charge in [-0.1, -0.05) is 27.2 Å². The highest BCUT2D eigenvalue weighted by molar-refractivity contribution is 5.67. The van der Waals surface area contributed by atoms with E-state index in [-0.39, 0.29) is 17.9 Å². The second-order valence-corrected chi connectivity index (χ2v) is 5.77. The molecule has 0 radical (unpaired) electrons. The molecule has 2 atom stereocenters. The smallest absolute Gasteiger partial charge is 0.305 e. The van der Waals surface area contributed by atoms with E-state index in [0.717, 1.165) is 25.1 Å². The standard InChI is InChI=1S/C12H20N4O2/c1-4-5-8(6-10(17)18)16-11(13-14-15-16)9-7-12(9,2)3/h8-9H,4-7H2,1-3H3,(H,17,18). The summed E-state index contributed by atoms with van der Waals surface area (Å²) >= 11 is 0. The Hall–Kier alpha value is -1.46. The van der Waals surface area contributed by atoms with Gasteiger partial charge in [0.05, 0.1) is 12.5 Å². The molecular formula is C12H20N4O2. The van der Waals surface area contributed by atoms with Gasteiger partial charge in [-0.2, -0.15) is 0 Å². The molecule has 6 heteroatoms. The van der Waals surface area contributed by atoms with Crippen LogP contribution in [-0.2, 0) is 4.79 Å². The van der Waals surface area contributed by atoms with Crippen molar-refractivity contribution in [3.05, 3.63) is 5.82 Å². The van der Waals surface area contributed by atoms with Crippen LogP contribution < -0.4 is 0 Å². The maximum Gasteiger partial charge on any atom is 0.305 e. The zero-order valence-electron chi connectivity index (χ0n) is 11.1. The monoisotopic (exact) mass is 252 g/mol. The predicted molar refractivity (Wildman–Crippen MR) is 65.2 cm³/mol. The van der Waals surface area contributed by atoms with Gasteiger partial charge in [0.25, 0.3) is 0 Å². The van der Waals surface area contributed by atoms with E-state index in [4.69, 9.17) is 5.11 Å². The number of carboxylic acids is 1. The minimum Gasteiger partial charge on any atom is -0.481 e. The third kappa shape index (κ3) is 2.52. The summed E-state index contributed by atoms with van der Waals surface area (Å²) in [6.07, 6.45) is 2.86. The van der Waals surface area contributed by atoms with E-state index in [1.54, 1.807) is 4.68 Å². The Morgan fingerprint density at radius 1 is 1.61 bits per heavy atom. The van der Waals surface area contributed by atoms with Crippen molar-refractivity contribution in [3.63, 3.8) is 0 Å². The average molecular weight is 252 g/mol. The van der Waals surface area contributed by atoms with Gasteiger partial charge in [0.1, 0.15) is 0 Å². The van der Waals surface area contributed by atoms with E-state index in [9.17, 15) is 4.79 Å². The van der Waals surface area contributed by atoms with Crippen LogP contribution in [0.5, 0.6) is 0 Å². The van der Waals surface area contributed by atoms with Crippen LogP contribution >= 0.6 is 0 Å². The molecule has 0 saturated heterocycles. The predicted octanol–water partition coefficient (Wildman–Crippen LogP) is 2.00. The Labute approximate surface area is 106 Å². The van der Waals surface area contributed by atoms with E-state index in [0.29, 0.717) is 5.92 Å². The number of aromatic nitrogens is 4. The lowest BCUT2D eigenvalue weighted by Crippen LogP contribution is -2.18. The first-order valence-corrected chi connectivity index (χ1v) is 6.45. The minimum atomic E-state index is -0.801. The molecule has 0 aliphatic heterocycles. The molecule has 1 fully saturated rings. The highest BCUT2D eigenvalue weighted by Crippen LogP contribution is 2.58. The normalized spacial score (nSPS) is 22.7. The quantitative estimate of drug-likeness (QED) is 0.837. The average Bonchev–Trinajstić information content (AvgIpc) is 2.74. The van der Waals surface area contributed by atoms with Crippen LogP contribution in [0.2, 0.25) is 0 Å². The fourth-order valence-corrected chi connectivity index (χ4v) is 2.44. The van der Waals surface area contributed by atoms with E-state index >= 15 is 0 Å². The third-order valence-electron chi connectivity index (χ3n) is 3.72. The number of rotatable bonds is 6. The van der Waals surface area contributed by atoms with Crippen LogP contribution in [0.3, 0.4) is 0 Å². The first-order chi connectivity index (χ1) is 8.45. The van der Waals surface area contributed by atoms with Crippen molar-refractivity contribution >= 4 is 5.97 Å². The summed E-state index contributed by atoms with van der Waals surface area (Å²) in [5.74, 6) is 0.408. The summed E-state index contributed by atoms with van der Waals surface area (Å²) in [6, 6.07) is -0.131. The Kier molecular flexibility index (Phi) is 3.36. The van der Waals surface area contributed by atoms with Gasteiger partial charge in [-0.25, -0.2) is 4.68 Å². The fraction of sp³-hybridized carbons (Fsp3) is 0.833. The molecule has 1 N–H and O–H groups in total. The summed E-state index contributed by atoms with van der Waals surface area (Å²) in [6.45, 7) is 6.41. The molecule has 100 valence electrons. The van der Waals surface area contributed by atoms with Gasteiger partial charge in [-0.3, -0.25) is 4.79 Å². The van der Waals surface area contributed by atoms with Crippen LogP contribution in [0.15, 0.2) is 0 Å². The molecule has 1 heterocycles. The molecule has 1 aromatic rings. The first kappa shape index (κ1) is 13.0. The molecule has 1 aliphatic rings. The Morgan fingerprint density at radius 3 is 2.78 bits per heavy atom. The highest BCUT2D eigenvalue weighted by atomic mass is 16.4. The maximum atomic E-state index is 10.9. The molecule has 1 aromatic heterocycles. The lowest BCUT2D eigenvalue weighted by atomic mass is 10.1. The maximum absolute atomic E-state index is 10.9. The second kappa shape index (κ2) is 4.66. The molecule has 18 heavy (non-hydrogen) atoms. The number of tetrazole rings is 1. The van der Waals surface area contributed by atoms with Gasteiger partial charge in [0.15, 0.2) is 5.82 Å². The molecule has 1 saturated carbocycles. The molecule has 6 nitrogen and oxygen atoms in total. The lowest BCUT2D eigenvalue weighted by molar-refractivity contribution is -0.138. The van der Waals surface area contributed by atoms with Crippen LogP contribution in [0.4, 0.5) is 0 Å². The molecule has 0 spiro atoms. The second-order valence-electron chi connectivity index (χ2n) is 5.77. The molecular weight excluding hydrogens is 232 g/mol. The van der Waals surface area contributed by atoms with Crippen LogP contribution in [0, 0.1) is 5.41 Å². The lowest BCUT2D eigenvalue weighted by Gasteiger charge is -2.16. The number of aliphatic carboxylic acids is 1. The van der Waals surface area contributed by atoms with Gasteiger partial charge in [0, 0.05) is 5.92 Å². The summed E-state index contributed by atoms with van der Waals surface area (Å²) in [5, 5.41) is 20.8. The summed E-state index contributed by atoms with van der Waals surface area (Å²) in [7, 11) is 0. The summed E-state index contributed by atoms with van der Waals surface area (Å²) in [4.78, 5) is 10.9. The topological polar surface area (TPSA) is 80.9 Å².